The van der Waals surface area contributed by atoms with Gasteiger partial charge in [0.05, 0.1) is 4.90 Å². The number of nitrogens with zero attached hydrogens (tertiary/aromatic N) is 1. The number of benzene rings is 2. The summed E-state index contributed by atoms with van der Waals surface area (Å²) in [4.78, 5) is 14.0. The quantitative estimate of drug-likeness (QED) is 0.871. The van der Waals surface area contributed by atoms with Crippen molar-refractivity contribution in [3.05, 3.63) is 60.2 Å². The predicted octanol–water partition coefficient (Wildman–Crippen LogP) is 2.37. The Kier molecular flexibility index (Phi) is 3.90. The highest BCUT2D eigenvalue weighted by Gasteiger charge is 2.15. The van der Waals surface area contributed by atoms with E-state index in [1.807, 2.05) is 30.3 Å². The van der Waals surface area contributed by atoms with Crippen LogP contribution in [0.5, 0.6) is 0 Å². The van der Waals surface area contributed by atoms with Crippen LogP contribution in [0.2, 0.25) is 0 Å². The van der Waals surface area contributed by atoms with Gasteiger partial charge >= 0.3 is 0 Å². The van der Waals surface area contributed by atoms with Crippen LogP contribution in [-0.2, 0) is 9.84 Å². The van der Waals surface area contributed by atoms with E-state index in [4.69, 9.17) is 0 Å². The summed E-state index contributed by atoms with van der Waals surface area (Å²) < 4.78 is 23.0. The van der Waals surface area contributed by atoms with E-state index in [9.17, 15) is 13.2 Å². The van der Waals surface area contributed by atoms with Gasteiger partial charge < -0.3 is 4.90 Å². The average Bonchev–Trinajstić information content (AvgIpc) is 2.46. The maximum absolute atomic E-state index is 12.4. The second kappa shape index (κ2) is 5.46. The number of rotatable bonds is 3. The second-order valence-corrected chi connectivity index (χ2v) is 6.52. The Morgan fingerprint density at radius 1 is 1.00 bits per heavy atom. The van der Waals surface area contributed by atoms with Crippen LogP contribution in [0.25, 0.3) is 0 Å². The van der Waals surface area contributed by atoms with Gasteiger partial charge in [-0.25, -0.2) is 8.42 Å². The van der Waals surface area contributed by atoms with Crippen molar-refractivity contribution in [1.82, 2.24) is 0 Å². The molecule has 1 amide bonds. The van der Waals surface area contributed by atoms with Crippen LogP contribution >= 0.6 is 0 Å². The number of hydrogen-bond acceptors (Lipinski definition) is 3. The molecule has 0 unspecified atom stereocenters. The smallest absolute Gasteiger partial charge is 0.258 e. The molecule has 2 aromatic carbocycles. The molecule has 0 spiro atoms. The first kappa shape index (κ1) is 14.3. The van der Waals surface area contributed by atoms with Crippen molar-refractivity contribution in [3.8, 4) is 0 Å². The van der Waals surface area contributed by atoms with E-state index >= 15 is 0 Å². The normalized spacial score (nSPS) is 11.1. The second-order valence-electron chi connectivity index (χ2n) is 4.50. The summed E-state index contributed by atoms with van der Waals surface area (Å²) in [6.45, 7) is 0. The molecule has 0 aromatic heterocycles. The van der Waals surface area contributed by atoms with E-state index in [2.05, 4.69) is 0 Å². The summed E-state index contributed by atoms with van der Waals surface area (Å²) in [5.41, 5.74) is 1.10. The van der Waals surface area contributed by atoms with E-state index in [1.54, 1.807) is 19.2 Å². The Balaban J connectivity index is 2.35. The van der Waals surface area contributed by atoms with Crippen LogP contribution in [0.15, 0.2) is 59.5 Å². The standard InChI is InChI=1S/C15H15NO3S/c1-16(13-8-4-3-5-9-13)15(17)12-7-6-10-14(11-12)20(2,18)19/h3-11H,1-2H3. The molecule has 0 aliphatic heterocycles. The molecule has 0 saturated heterocycles. The van der Waals surface area contributed by atoms with E-state index < -0.39 is 9.84 Å². The highest BCUT2D eigenvalue weighted by Crippen LogP contribution is 2.17. The molecule has 0 aliphatic carbocycles. The first-order chi connectivity index (χ1) is 9.39. The van der Waals surface area contributed by atoms with E-state index in [0.29, 0.717) is 5.56 Å². The molecule has 20 heavy (non-hydrogen) atoms. The maximum Gasteiger partial charge on any atom is 0.258 e. The van der Waals surface area contributed by atoms with Crippen LogP contribution in [0, 0.1) is 0 Å². The Morgan fingerprint density at radius 2 is 1.65 bits per heavy atom. The molecule has 0 fully saturated rings. The minimum absolute atomic E-state index is 0.143. The lowest BCUT2D eigenvalue weighted by atomic mass is 10.2. The van der Waals surface area contributed by atoms with Gasteiger partial charge in [0.2, 0.25) is 0 Å². The molecule has 104 valence electrons. The molecule has 0 heterocycles. The predicted molar refractivity (Wildman–Crippen MR) is 78.7 cm³/mol. The van der Waals surface area contributed by atoms with Crippen LogP contribution in [0.3, 0.4) is 0 Å². The Morgan fingerprint density at radius 3 is 2.25 bits per heavy atom. The van der Waals surface area contributed by atoms with Crippen LogP contribution in [-0.4, -0.2) is 27.6 Å². The molecule has 2 aromatic rings. The number of para-hydroxylation sites is 1. The van der Waals surface area contributed by atoms with Crippen LogP contribution in [0.4, 0.5) is 5.69 Å². The van der Waals surface area contributed by atoms with Gasteiger partial charge in [-0.3, -0.25) is 4.79 Å². The molecule has 0 atom stereocenters. The fraction of sp³-hybridized carbons (Fsp3) is 0.133. The number of carbonyl (C=O) groups is 1. The zero-order valence-electron chi connectivity index (χ0n) is 11.3. The Bertz CT molecular complexity index is 724. The van der Waals surface area contributed by atoms with Crippen molar-refractivity contribution >= 4 is 21.4 Å². The highest BCUT2D eigenvalue weighted by atomic mass is 32.2. The monoisotopic (exact) mass is 289 g/mol. The highest BCUT2D eigenvalue weighted by molar-refractivity contribution is 7.90. The molecule has 5 heteroatoms. The fourth-order valence-electron chi connectivity index (χ4n) is 1.82. The fourth-order valence-corrected chi connectivity index (χ4v) is 2.49. The SMILES string of the molecule is CN(C(=O)c1cccc(S(C)(=O)=O)c1)c1ccccc1. The van der Waals surface area contributed by atoms with Gasteiger partial charge in [0.15, 0.2) is 9.84 Å². The average molecular weight is 289 g/mol. The third kappa shape index (κ3) is 3.05. The first-order valence-electron chi connectivity index (χ1n) is 6.03. The lowest BCUT2D eigenvalue weighted by molar-refractivity contribution is 0.0993. The number of sulfone groups is 1. The Labute approximate surface area is 118 Å². The molecule has 0 saturated carbocycles. The lowest BCUT2D eigenvalue weighted by Gasteiger charge is -2.17. The van der Waals surface area contributed by atoms with E-state index in [-0.39, 0.29) is 10.8 Å². The van der Waals surface area contributed by atoms with Gasteiger partial charge in [-0.2, -0.15) is 0 Å². The summed E-state index contributed by atoms with van der Waals surface area (Å²) in [6, 6.07) is 15.2. The zero-order valence-corrected chi connectivity index (χ0v) is 12.1. The van der Waals surface area contributed by atoms with E-state index in [1.165, 1.54) is 17.0 Å². The third-order valence-electron chi connectivity index (χ3n) is 2.96. The van der Waals surface area contributed by atoms with Gasteiger partial charge in [0.1, 0.15) is 0 Å². The molecular formula is C15H15NO3S. The summed E-state index contributed by atoms with van der Waals surface area (Å²) >= 11 is 0. The molecular weight excluding hydrogens is 274 g/mol. The van der Waals surface area contributed by atoms with Gasteiger partial charge in [0.25, 0.3) is 5.91 Å². The number of carbonyl (C=O) groups excluding carboxylic acids is 1. The largest absolute Gasteiger partial charge is 0.311 e. The molecule has 0 N–H and O–H groups in total. The number of anilines is 1. The van der Waals surface area contributed by atoms with Crippen LogP contribution in [0.1, 0.15) is 10.4 Å². The summed E-state index contributed by atoms with van der Waals surface area (Å²) in [7, 11) is -1.66. The van der Waals surface area contributed by atoms with Crippen molar-refractivity contribution in [2.24, 2.45) is 0 Å². The molecule has 0 bridgehead atoms. The van der Waals surface area contributed by atoms with Crippen molar-refractivity contribution < 1.29 is 13.2 Å². The minimum atomic E-state index is -3.32. The van der Waals surface area contributed by atoms with Crippen molar-refractivity contribution in [2.75, 3.05) is 18.2 Å². The van der Waals surface area contributed by atoms with Gasteiger partial charge in [-0.15, -0.1) is 0 Å². The van der Waals surface area contributed by atoms with Gasteiger partial charge in [-0.05, 0) is 30.3 Å². The lowest BCUT2D eigenvalue weighted by Crippen LogP contribution is -2.26. The zero-order chi connectivity index (χ0) is 14.8. The first-order valence-corrected chi connectivity index (χ1v) is 7.92. The number of amides is 1. The van der Waals surface area contributed by atoms with Crippen molar-refractivity contribution in [2.45, 2.75) is 4.90 Å². The summed E-state index contributed by atoms with van der Waals surface area (Å²) in [5.74, 6) is -0.248. The minimum Gasteiger partial charge on any atom is -0.311 e. The Hall–Kier alpha value is -2.14. The molecule has 2 rings (SSSR count). The third-order valence-corrected chi connectivity index (χ3v) is 4.07. The molecule has 4 nitrogen and oxygen atoms in total. The molecule has 0 aliphatic rings. The van der Waals surface area contributed by atoms with Crippen molar-refractivity contribution in [1.29, 1.82) is 0 Å². The van der Waals surface area contributed by atoms with Crippen molar-refractivity contribution in [3.63, 3.8) is 0 Å². The summed E-state index contributed by atoms with van der Waals surface area (Å²) in [5, 5.41) is 0. The van der Waals surface area contributed by atoms with Gasteiger partial charge in [0, 0.05) is 24.6 Å². The number of hydrogen-bond donors (Lipinski definition) is 0. The summed E-state index contributed by atoms with van der Waals surface area (Å²) in [6.07, 6.45) is 1.12. The van der Waals surface area contributed by atoms with Crippen LogP contribution < -0.4 is 4.90 Å². The van der Waals surface area contributed by atoms with Gasteiger partial charge in [-0.1, -0.05) is 24.3 Å². The maximum atomic E-state index is 12.4. The molecule has 0 radical (unpaired) electrons. The topological polar surface area (TPSA) is 54.5 Å². The van der Waals surface area contributed by atoms with E-state index in [0.717, 1.165) is 11.9 Å².